The first-order valence-electron chi connectivity index (χ1n) is 9.00. The molecule has 132 valence electrons. The molecule has 0 saturated carbocycles. The molecule has 0 unspecified atom stereocenters. The second-order valence-electron chi connectivity index (χ2n) is 5.49. The molecule has 0 aromatic carbocycles. The van der Waals surface area contributed by atoms with E-state index in [0.717, 1.165) is 51.4 Å². The molecular formula is C22H32O2. The molecule has 0 heterocycles. The lowest BCUT2D eigenvalue weighted by Crippen LogP contribution is -1.93. The van der Waals surface area contributed by atoms with Crippen molar-refractivity contribution in [3.8, 4) is 0 Å². The second kappa shape index (κ2) is 19.0. The fourth-order valence-electron chi connectivity index (χ4n) is 1.95. The van der Waals surface area contributed by atoms with Gasteiger partial charge < -0.3 is 5.11 Å². The van der Waals surface area contributed by atoms with Crippen molar-refractivity contribution in [2.24, 2.45) is 0 Å². The average Bonchev–Trinajstić information content (AvgIpc) is 2.56. The van der Waals surface area contributed by atoms with E-state index < -0.39 is 5.97 Å². The maximum Gasteiger partial charge on any atom is 0.303 e. The van der Waals surface area contributed by atoms with Crippen molar-refractivity contribution in [3.05, 3.63) is 66.5 Å². The van der Waals surface area contributed by atoms with Crippen LogP contribution < -0.4 is 0 Å². The largest absolute Gasteiger partial charge is 0.481 e. The monoisotopic (exact) mass is 328 g/mol. The van der Waals surface area contributed by atoms with Crippen LogP contribution in [0.1, 0.15) is 64.7 Å². The normalized spacial score (nSPS) is 11.7. The Morgan fingerprint density at radius 2 is 1.58 bits per heavy atom. The zero-order valence-electron chi connectivity index (χ0n) is 15.0. The molecule has 0 aromatic rings. The molecule has 0 fully saturated rings. The van der Waals surface area contributed by atoms with E-state index in [1.54, 1.807) is 0 Å². The lowest BCUT2D eigenvalue weighted by Gasteiger charge is -1.94. The van der Waals surface area contributed by atoms with Gasteiger partial charge in [-0.15, -0.1) is 5.73 Å². The van der Waals surface area contributed by atoms with Crippen LogP contribution in [0, 0.1) is 0 Å². The van der Waals surface area contributed by atoms with Crippen LogP contribution in [0.2, 0.25) is 0 Å². The first-order valence-corrected chi connectivity index (χ1v) is 9.00. The Kier molecular flexibility index (Phi) is 17.4. The molecule has 0 aromatic heterocycles. The minimum absolute atomic E-state index is 0.290. The van der Waals surface area contributed by atoms with Crippen LogP contribution >= 0.6 is 0 Å². The maximum absolute atomic E-state index is 10.3. The minimum atomic E-state index is -0.696. The highest BCUT2D eigenvalue weighted by molar-refractivity contribution is 5.66. The Hall–Kier alpha value is -2.05. The maximum atomic E-state index is 10.3. The fourth-order valence-corrected chi connectivity index (χ4v) is 1.95. The van der Waals surface area contributed by atoms with Gasteiger partial charge in [-0.2, -0.15) is 0 Å². The highest BCUT2D eigenvalue weighted by Crippen LogP contribution is 2.04. The Morgan fingerprint density at radius 3 is 2.38 bits per heavy atom. The molecule has 0 atom stereocenters. The summed E-state index contributed by atoms with van der Waals surface area (Å²) in [5, 5.41) is 8.52. The molecule has 0 aliphatic rings. The number of hydrogen-bond acceptors (Lipinski definition) is 1. The number of hydrogen-bond donors (Lipinski definition) is 1. The Bertz CT molecular complexity index is 472. The number of carboxylic acid groups (broad SMARTS) is 1. The summed E-state index contributed by atoms with van der Waals surface area (Å²) < 4.78 is 0. The number of aliphatic carboxylic acids is 1. The SMILES string of the molecule is CC/C=C/C/C=C/CC=C=C/C=C/C/C=C/CCCCCC(=O)O. The second-order valence-corrected chi connectivity index (χ2v) is 5.49. The van der Waals surface area contributed by atoms with Gasteiger partial charge in [0.15, 0.2) is 0 Å². The highest BCUT2D eigenvalue weighted by Gasteiger charge is 1.94. The standard InChI is InChI=1S/C22H32O2/c1-2-3-4-5-6-7-8-9-10-11-12-13-14-15-16-17-18-19-20-21-22(23)24/h3-4,6-7,9,11-13,15-16H,2,5,8,14,17-21H2,1H3,(H,23,24)/b4-3+,7-6+,13-12+,16-15+. The van der Waals surface area contributed by atoms with Crippen LogP contribution in [0.5, 0.6) is 0 Å². The van der Waals surface area contributed by atoms with Crippen LogP contribution in [0.4, 0.5) is 0 Å². The zero-order valence-corrected chi connectivity index (χ0v) is 15.0. The van der Waals surface area contributed by atoms with Gasteiger partial charge in [-0.25, -0.2) is 0 Å². The Balaban J connectivity index is 3.56. The molecule has 0 saturated heterocycles. The molecular weight excluding hydrogens is 296 g/mol. The Morgan fingerprint density at radius 1 is 0.875 bits per heavy atom. The smallest absolute Gasteiger partial charge is 0.303 e. The van der Waals surface area contributed by atoms with Crippen LogP contribution in [0.3, 0.4) is 0 Å². The molecule has 0 aliphatic heterocycles. The number of allylic oxidation sites excluding steroid dienone is 9. The van der Waals surface area contributed by atoms with Gasteiger partial charge in [-0.3, -0.25) is 4.79 Å². The number of carbonyl (C=O) groups is 1. The molecule has 2 nitrogen and oxygen atoms in total. The number of carboxylic acids is 1. The average molecular weight is 328 g/mol. The van der Waals surface area contributed by atoms with Crippen molar-refractivity contribution < 1.29 is 9.90 Å². The third kappa shape index (κ3) is 19.9. The lowest BCUT2D eigenvalue weighted by molar-refractivity contribution is -0.137. The van der Waals surface area contributed by atoms with Gasteiger partial charge in [-0.05, 0) is 57.1 Å². The van der Waals surface area contributed by atoms with E-state index in [0.29, 0.717) is 0 Å². The molecule has 0 rings (SSSR count). The van der Waals surface area contributed by atoms with E-state index in [1.165, 1.54) is 0 Å². The van der Waals surface area contributed by atoms with Crippen LogP contribution in [-0.2, 0) is 4.79 Å². The molecule has 0 spiro atoms. The summed E-state index contributed by atoms with van der Waals surface area (Å²) in [6.45, 7) is 2.14. The third-order valence-corrected chi connectivity index (χ3v) is 3.24. The van der Waals surface area contributed by atoms with Gasteiger partial charge in [0.25, 0.3) is 0 Å². The van der Waals surface area contributed by atoms with E-state index >= 15 is 0 Å². The van der Waals surface area contributed by atoms with Gasteiger partial charge in [0, 0.05) is 6.42 Å². The Labute approximate surface area is 147 Å². The van der Waals surface area contributed by atoms with E-state index in [2.05, 4.69) is 55.2 Å². The topological polar surface area (TPSA) is 37.3 Å². The van der Waals surface area contributed by atoms with E-state index in [9.17, 15) is 4.79 Å². The number of unbranched alkanes of at least 4 members (excludes halogenated alkanes) is 3. The lowest BCUT2D eigenvalue weighted by atomic mass is 10.1. The van der Waals surface area contributed by atoms with E-state index in [-0.39, 0.29) is 6.42 Å². The van der Waals surface area contributed by atoms with Crippen molar-refractivity contribution >= 4 is 5.97 Å². The summed E-state index contributed by atoms with van der Waals surface area (Å²) in [6, 6.07) is 0. The zero-order chi connectivity index (χ0) is 17.7. The van der Waals surface area contributed by atoms with Crippen molar-refractivity contribution in [1.29, 1.82) is 0 Å². The summed E-state index contributed by atoms with van der Waals surface area (Å²) in [6.07, 6.45) is 29.2. The quantitative estimate of drug-likeness (QED) is 0.170. The summed E-state index contributed by atoms with van der Waals surface area (Å²) in [5.41, 5.74) is 3.14. The summed E-state index contributed by atoms with van der Waals surface area (Å²) in [4.78, 5) is 10.3. The minimum Gasteiger partial charge on any atom is -0.481 e. The van der Waals surface area contributed by atoms with Crippen LogP contribution in [-0.4, -0.2) is 11.1 Å². The molecule has 0 bridgehead atoms. The molecule has 0 amide bonds. The first kappa shape index (κ1) is 21.9. The predicted octanol–water partition coefficient (Wildman–Crippen LogP) is 6.54. The molecule has 24 heavy (non-hydrogen) atoms. The van der Waals surface area contributed by atoms with Crippen LogP contribution in [0.15, 0.2) is 66.5 Å². The van der Waals surface area contributed by atoms with Gasteiger partial charge in [0.05, 0.1) is 0 Å². The van der Waals surface area contributed by atoms with E-state index in [4.69, 9.17) is 5.11 Å². The first-order chi connectivity index (χ1) is 11.8. The fraction of sp³-hybridized carbons (Fsp3) is 0.455. The molecule has 1 N–H and O–H groups in total. The van der Waals surface area contributed by atoms with Crippen LogP contribution in [0.25, 0.3) is 0 Å². The van der Waals surface area contributed by atoms with Crippen molar-refractivity contribution in [1.82, 2.24) is 0 Å². The van der Waals surface area contributed by atoms with Crippen molar-refractivity contribution in [3.63, 3.8) is 0 Å². The van der Waals surface area contributed by atoms with Gasteiger partial charge >= 0.3 is 5.97 Å². The third-order valence-electron chi connectivity index (χ3n) is 3.24. The summed E-state index contributed by atoms with van der Waals surface area (Å²) in [5.74, 6) is -0.696. The molecule has 0 radical (unpaired) electrons. The van der Waals surface area contributed by atoms with Gasteiger partial charge in [0.1, 0.15) is 0 Å². The van der Waals surface area contributed by atoms with Crippen molar-refractivity contribution in [2.75, 3.05) is 0 Å². The highest BCUT2D eigenvalue weighted by atomic mass is 16.4. The summed E-state index contributed by atoms with van der Waals surface area (Å²) in [7, 11) is 0. The summed E-state index contributed by atoms with van der Waals surface area (Å²) >= 11 is 0. The van der Waals surface area contributed by atoms with E-state index in [1.807, 2.05) is 18.2 Å². The van der Waals surface area contributed by atoms with Crippen molar-refractivity contribution in [2.45, 2.75) is 64.7 Å². The van der Waals surface area contributed by atoms with Gasteiger partial charge in [-0.1, -0.05) is 62.0 Å². The molecule has 0 aliphatic carbocycles. The van der Waals surface area contributed by atoms with Gasteiger partial charge in [0.2, 0.25) is 0 Å². The number of rotatable bonds is 14. The predicted molar refractivity (Wildman–Crippen MR) is 104 cm³/mol. The molecule has 2 heteroatoms.